The predicted molar refractivity (Wildman–Crippen MR) is 116 cm³/mol. The van der Waals surface area contributed by atoms with Crippen molar-refractivity contribution in [2.45, 2.75) is 20.9 Å². The molecule has 0 aliphatic carbocycles. The highest BCUT2D eigenvalue weighted by Crippen LogP contribution is 2.40. The van der Waals surface area contributed by atoms with Crippen molar-refractivity contribution in [3.63, 3.8) is 0 Å². The SMILES string of the molecule is CCCOc1cc(/C=C/c2nc(C(Cl)(Cl)Cl)nc(C(Cl)(Cl)Cl)n2)cc(OC)c1. The first-order valence-electron chi connectivity index (χ1n) is 7.93. The number of ether oxygens (including phenoxy) is 2. The van der Waals surface area contributed by atoms with Crippen molar-refractivity contribution in [1.29, 1.82) is 0 Å². The van der Waals surface area contributed by atoms with Crippen molar-refractivity contribution < 1.29 is 9.47 Å². The molecule has 28 heavy (non-hydrogen) atoms. The lowest BCUT2D eigenvalue weighted by Gasteiger charge is -2.14. The molecule has 0 unspecified atom stereocenters. The summed E-state index contributed by atoms with van der Waals surface area (Å²) in [6.45, 7) is 2.61. The molecule has 0 aliphatic rings. The summed E-state index contributed by atoms with van der Waals surface area (Å²) in [6.07, 6.45) is 4.17. The van der Waals surface area contributed by atoms with Gasteiger partial charge in [-0.1, -0.05) is 82.6 Å². The lowest BCUT2D eigenvalue weighted by atomic mass is 10.2. The van der Waals surface area contributed by atoms with Gasteiger partial charge in [0.15, 0.2) is 17.5 Å². The number of hydrogen-bond donors (Lipinski definition) is 0. The molecule has 1 aromatic carbocycles. The average Bonchev–Trinajstić information content (AvgIpc) is 2.63. The Balaban J connectivity index is 2.42. The van der Waals surface area contributed by atoms with Gasteiger partial charge in [-0.3, -0.25) is 0 Å². The zero-order chi connectivity index (χ0) is 20.9. The van der Waals surface area contributed by atoms with Crippen LogP contribution in [-0.2, 0) is 7.59 Å². The fourth-order valence-corrected chi connectivity index (χ4v) is 2.51. The van der Waals surface area contributed by atoms with Crippen molar-refractivity contribution in [3.8, 4) is 11.5 Å². The Kier molecular flexibility index (Phi) is 8.32. The topological polar surface area (TPSA) is 57.1 Å². The first kappa shape index (κ1) is 23.6. The molecule has 5 nitrogen and oxygen atoms in total. The van der Waals surface area contributed by atoms with Crippen LogP contribution in [0.2, 0.25) is 0 Å². The number of nitrogens with zero attached hydrogens (tertiary/aromatic N) is 3. The molecule has 11 heteroatoms. The second kappa shape index (κ2) is 9.88. The van der Waals surface area contributed by atoms with Crippen molar-refractivity contribution >= 4 is 81.8 Å². The van der Waals surface area contributed by atoms with Crippen LogP contribution in [-0.4, -0.2) is 28.7 Å². The van der Waals surface area contributed by atoms with Gasteiger partial charge in [-0.15, -0.1) is 0 Å². The zero-order valence-electron chi connectivity index (χ0n) is 14.7. The van der Waals surface area contributed by atoms with Crippen LogP contribution in [0.4, 0.5) is 0 Å². The van der Waals surface area contributed by atoms with Crippen molar-refractivity contribution in [2.75, 3.05) is 13.7 Å². The molecule has 0 saturated carbocycles. The Morgan fingerprint density at radius 1 is 0.857 bits per heavy atom. The smallest absolute Gasteiger partial charge is 0.250 e. The number of rotatable bonds is 6. The van der Waals surface area contributed by atoms with E-state index in [0.29, 0.717) is 18.1 Å². The molecular weight excluding hydrogens is 491 g/mol. The molecule has 0 spiro atoms. The quantitative estimate of drug-likeness (QED) is 0.420. The van der Waals surface area contributed by atoms with Crippen LogP contribution in [0.1, 0.15) is 36.4 Å². The third kappa shape index (κ3) is 6.97. The van der Waals surface area contributed by atoms with Crippen LogP contribution in [0, 0.1) is 0 Å². The van der Waals surface area contributed by atoms with Crippen LogP contribution < -0.4 is 9.47 Å². The number of aromatic nitrogens is 3. The summed E-state index contributed by atoms with van der Waals surface area (Å²) >= 11 is 35.2. The Morgan fingerprint density at radius 2 is 1.43 bits per heavy atom. The monoisotopic (exact) mass is 503 g/mol. The third-order valence-electron chi connectivity index (χ3n) is 3.20. The minimum Gasteiger partial charge on any atom is -0.497 e. The standard InChI is InChI=1S/C17H15Cl6N3O2/c1-3-6-28-12-8-10(7-11(9-12)27-2)4-5-13-24-14(16(18,19)20)26-15(25-13)17(21,22)23/h4-5,7-9H,3,6H2,1-2H3/b5-4+. The summed E-state index contributed by atoms with van der Waals surface area (Å²) in [7, 11) is 1.57. The van der Waals surface area contributed by atoms with Crippen molar-refractivity contribution in [2.24, 2.45) is 0 Å². The molecular formula is C17H15Cl6N3O2. The van der Waals surface area contributed by atoms with Crippen molar-refractivity contribution in [3.05, 3.63) is 41.2 Å². The van der Waals surface area contributed by atoms with Gasteiger partial charge in [-0.2, -0.15) is 0 Å². The van der Waals surface area contributed by atoms with E-state index >= 15 is 0 Å². The summed E-state index contributed by atoms with van der Waals surface area (Å²) in [5.41, 5.74) is 0.775. The largest absolute Gasteiger partial charge is 0.497 e. The van der Waals surface area contributed by atoms with Gasteiger partial charge in [0.25, 0.3) is 0 Å². The zero-order valence-corrected chi connectivity index (χ0v) is 19.3. The van der Waals surface area contributed by atoms with Gasteiger partial charge in [0.2, 0.25) is 7.59 Å². The Hall–Kier alpha value is -0.690. The van der Waals surface area contributed by atoms with Gasteiger partial charge >= 0.3 is 0 Å². The summed E-state index contributed by atoms with van der Waals surface area (Å²) in [4.78, 5) is 12.1. The summed E-state index contributed by atoms with van der Waals surface area (Å²) in [5, 5.41) is 0. The molecule has 2 rings (SSSR count). The van der Waals surface area contributed by atoms with Crippen LogP contribution in [0.25, 0.3) is 12.2 Å². The number of alkyl halides is 6. The predicted octanol–water partition coefficient (Wildman–Crippen LogP) is 6.49. The maximum atomic E-state index is 5.87. The number of methoxy groups -OCH3 is 1. The molecule has 1 heterocycles. The van der Waals surface area contributed by atoms with Gasteiger partial charge in [0.05, 0.1) is 13.7 Å². The van der Waals surface area contributed by atoms with E-state index in [1.807, 2.05) is 19.1 Å². The second-order valence-electron chi connectivity index (χ2n) is 5.46. The molecule has 152 valence electrons. The van der Waals surface area contributed by atoms with Gasteiger partial charge in [0.1, 0.15) is 11.5 Å². The maximum absolute atomic E-state index is 5.87. The van der Waals surface area contributed by atoms with Crippen LogP contribution in [0.5, 0.6) is 11.5 Å². The lowest BCUT2D eigenvalue weighted by Crippen LogP contribution is -2.16. The van der Waals surface area contributed by atoms with E-state index in [4.69, 9.17) is 79.1 Å². The molecule has 0 radical (unpaired) electrons. The Morgan fingerprint density at radius 3 is 1.93 bits per heavy atom. The lowest BCUT2D eigenvalue weighted by molar-refractivity contribution is 0.314. The Labute approximate surface area is 192 Å². The fourth-order valence-electron chi connectivity index (χ4n) is 2.00. The highest BCUT2D eigenvalue weighted by molar-refractivity contribution is 6.67. The minimum absolute atomic E-state index is 0.150. The molecule has 0 amide bonds. The molecule has 2 aromatic rings. The number of benzene rings is 1. The summed E-state index contributed by atoms with van der Waals surface area (Å²) < 4.78 is 7.13. The normalized spacial score (nSPS) is 12.4. The molecule has 0 N–H and O–H groups in total. The van der Waals surface area contributed by atoms with E-state index in [1.54, 1.807) is 25.3 Å². The number of halogens is 6. The van der Waals surface area contributed by atoms with E-state index in [0.717, 1.165) is 12.0 Å². The summed E-state index contributed by atoms with van der Waals surface area (Å²) in [5.74, 6) is 1.13. The van der Waals surface area contributed by atoms with E-state index in [1.165, 1.54) is 0 Å². The average molecular weight is 506 g/mol. The number of hydrogen-bond acceptors (Lipinski definition) is 5. The van der Waals surface area contributed by atoms with Crippen molar-refractivity contribution in [1.82, 2.24) is 15.0 Å². The molecule has 0 fully saturated rings. The molecule has 0 atom stereocenters. The van der Waals surface area contributed by atoms with Crippen LogP contribution in [0.15, 0.2) is 18.2 Å². The molecule has 0 bridgehead atoms. The highest BCUT2D eigenvalue weighted by atomic mass is 35.6. The molecule has 0 aliphatic heterocycles. The van der Waals surface area contributed by atoms with Crippen LogP contribution in [0.3, 0.4) is 0 Å². The van der Waals surface area contributed by atoms with Gasteiger partial charge in [-0.05, 0) is 30.2 Å². The van der Waals surface area contributed by atoms with E-state index < -0.39 is 7.59 Å². The fraction of sp³-hybridized carbons (Fsp3) is 0.353. The second-order valence-corrected chi connectivity index (χ2v) is 10.0. The summed E-state index contributed by atoms with van der Waals surface area (Å²) in [6, 6.07) is 5.43. The minimum atomic E-state index is -1.91. The first-order chi connectivity index (χ1) is 13.0. The van der Waals surface area contributed by atoms with E-state index in [2.05, 4.69) is 15.0 Å². The van der Waals surface area contributed by atoms with E-state index in [9.17, 15) is 0 Å². The third-order valence-corrected chi connectivity index (χ3v) is 4.21. The highest BCUT2D eigenvalue weighted by Gasteiger charge is 2.33. The van der Waals surface area contributed by atoms with Gasteiger partial charge in [0, 0.05) is 6.07 Å². The Bertz CT molecular complexity index is 818. The molecule has 0 saturated heterocycles. The maximum Gasteiger partial charge on any atom is 0.250 e. The first-order valence-corrected chi connectivity index (χ1v) is 10.2. The van der Waals surface area contributed by atoms with Gasteiger partial charge in [-0.25, -0.2) is 15.0 Å². The van der Waals surface area contributed by atoms with Gasteiger partial charge < -0.3 is 9.47 Å². The van der Waals surface area contributed by atoms with Crippen LogP contribution >= 0.6 is 69.6 Å². The molecule has 1 aromatic heterocycles. The van der Waals surface area contributed by atoms with E-state index in [-0.39, 0.29) is 17.5 Å².